The number of rotatable bonds is 11. The molecule has 0 unspecified atom stereocenters. The Kier molecular flexibility index (Phi) is 9.79. The monoisotopic (exact) mass is 245 g/mol. The van der Waals surface area contributed by atoms with Gasteiger partial charge in [0.15, 0.2) is 0 Å². The molecule has 0 aliphatic heterocycles. The van der Waals surface area contributed by atoms with E-state index < -0.39 is 0 Å². The SMILES string of the molecule is COCCNCC(C)(C)CCOCCC(C)C. The minimum absolute atomic E-state index is 0.297. The summed E-state index contributed by atoms with van der Waals surface area (Å²) in [7, 11) is 1.73. The van der Waals surface area contributed by atoms with Crippen LogP contribution in [0, 0.1) is 11.3 Å². The van der Waals surface area contributed by atoms with E-state index in [1.807, 2.05) is 0 Å². The summed E-state index contributed by atoms with van der Waals surface area (Å²) in [6.07, 6.45) is 2.26. The molecule has 0 aromatic heterocycles. The normalized spacial score (nSPS) is 12.4. The molecule has 0 aliphatic rings. The Morgan fingerprint density at radius 1 is 1.12 bits per heavy atom. The van der Waals surface area contributed by atoms with E-state index in [1.54, 1.807) is 7.11 Å². The molecule has 0 heterocycles. The zero-order chi connectivity index (χ0) is 13.1. The highest BCUT2D eigenvalue weighted by atomic mass is 16.5. The molecule has 3 nitrogen and oxygen atoms in total. The topological polar surface area (TPSA) is 30.5 Å². The van der Waals surface area contributed by atoms with E-state index in [4.69, 9.17) is 9.47 Å². The van der Waals surface area contributed by atoms with Crippen molar-refractivity contribution in [2.75, 3.05) is 40.0 Å². The van der Waals surface area contributed by atoms with E-state index in [0.717, 1.165) is 51.7 Å². The van der Waals surface area contributed by atoms with Crippen LogP contribution in [0.2, 0.25) is 0 Å². The summed E-state index contributed by atoms with van der Waals surface area (Å²) in [4.78, 5) is 0. The lowest BCUT2D eigenvalue weighted by Crippen LogP contribution is -2.32. The standard InChI is InChI=1S/C14H31NO2/c1-13(2)6-9-17-10-7-14(3,4)12-15-8-11-16-5/h13,15H,6-12H2,1-5H3. The van der Waals surface area contributed by atoms with Gasteiger partial charge in [0, 0.05) is 33.4 Å². The maximum Gasteiger partial charge on any atom is 0.0587 e. The summed E-state index contributed by atoms with van der Waals surface area (Å²) in [5.74, 6) is 0.735. The van der Waals surface area contributed by atoms with Crippen molar-refractivity contribution >= 4 is 0 Å². The van der Waals surface area contributed by atoms with Crippen LogP contribution < -0.4 is 5.32 Å². The van der Waals surface area contributed by atoms with Gasteiger partial charge >= 0.3 is 0 Å². The highest BCUT2D eigenvalue weighted by Crippen LogP contribution is 2.18. The molecule has 0 bridgehead atoms. The quantitative estimate of drug-likeness (QED) is 0.568. The molecule has 0 spiro atoms. The summed E-state index contributed by atoms with van der Waals surface area (Å²) >= 11 is 0. The Labute approximate surface area is 107 Å². The van der Waals surface area contributed by atoms with Gasteiger partial charge in [0.2, 0.25) is 0 Å². The summed E-state index contributed by atoms with van der Waals surface area (Å²) in [5.41, 5.74) is 0.297. The Morgan fingerprint density at radius 2 is 1.82 bits per heavy atom. The molecule has 0 atom stereocenters. The molecule has 0 radical (unpaired) electrons. The first-order chi connectivity index (χ1) is 7.98. The summed E-state index contributed by atoms with van der Waals surface area (Å²) < 4.78 is 10.7. The Morgan fingerprint density at radius 3 is 2.41 bits per heavy atom. The molecule has 0 aromatic rings. The van der Waals surface area contributed by atoms with Crippen molar-refractivity contribution in [2.45, 2.75) is 40.5 Å². The molecule has 104 valence electrons. The van der Waals surface area contributed by atoms with Crippen LogP contribution in [-0.2, 0) is 9.47 Å². The third kappa shape index (κ3) is 12.1. The summed E-state index contributed by atoms with van der Waals surface area (Å²) in [5, 5.41) is 3.41. The molecule has 0 rings (SSSR count). The van der Waals surface area contributed by atoms with Gasteiger partial charge in [0.05, 0.1) is 6.61 Å². The second-order valence-corrected chi connectivity index (χ2v) is 5.88. The van der Waals surface area contributed by atoms with E-state index in [1.165, 1.54) is 0 Å². The van der Waals surface area contributed by atoms with Crippen molar-refractivity contribution < 1.29 is 9.47 Å². The van der Waals surface area contributed by atoms with Crippen molar-refractivity contribution in [1.29, 1.82) is 0 Å². The van der Waals surface area contributed by atoms with Gasteiger partial charge < -0.3 is 14.8 Å². The molecule has 0 aliphatic carbocycles. The zero-order valence-corrected chi connectivity index (χ0v) is 12.3. The second-order valence-electron chi connectivity index (χ2n) is 5.88. The molecular weight excluding hydrogens is 214 g/mol. The lowest BCUT2D eigenvalue weighted by Gasteiger charge is -2.25. The predicted molar refractivity (Wildman–Crippen MR) is 73.4 cm³/mol. The molecule has 17 heavy (non-hydrogen) atoms. The van der Waals surface area contributed by atoms with Crippen LogP contribution in [0.5, 0.6) is 0 Å². The van der Waals surface area contributed by atoms with Crippen LogP contribution in [0.4, 0.5) is 0 Å². The van der Waals surface area contributed by atoms with Gasteiger partial charge in [0.25, 0.3) is 0 Å². The Balaban J connectivity index is 3.43. The van der Waals surface area contributed by atoms with Crippen molar-refractivity contribution in [1.82, 2.24) is 5.32 Å². The number of nitrogens with one attached hydrogen (secondary N) is 1. The fourth-order valence-corrected chi connectivity index (χ4v) is 1.46. The largest absolute Gasteiger partial charge is 0.383 e. The van der Waals surface area contributed by atoms with Crippen LogP contribution in [0.15, 0.2) is 0 Å². The van der Waals surface area contributed by atoms with Crippen molar-refractivity contribution in [3.63, 3.8) is 0 Å². The van der Waals surface area contributed by atoms with E-state index in [0.29, 0.717) is 5.41 Å². The van der Waals surface area contributed by atoms with Gasteiger partial charge in [-0.1, -0.05) is 27.7 Å². The second kappa shape index (κ2) is 9.86. The fraction of sp³-hybridized carbons (Fsp3) is 1.00. The van der Waals surface area contributed by atoms with E-state index >= 15 is 0 Å². The smallest absolute Gasteiger partial charge is 0.0587 e. The van der Waals surface area contributed by atoms with Gasteiger partial charge in [0.1, 0.15) is 0 Å². The first-order valence-corrected chi connectivity index (χ1v) is 6.75. The summed E-state index contributed by atoms with van der Waals surface area (Å²) in [6, 6.07) is 0. The fourth-order valence-electron chi connectivity index (χ4n) is 1.46. The zero-order valence-electron chi connectivity index (χ0n) is 12.3. The highest BCUT2D eigenvalue weighted by molar-refractivity contribution is 4.71. The van der Waals surface area contributed by atoms with Crippen LogP contribution in [0.25, 0.3) is 0 Å². The number of methoxy groups -OCH3 is 1. The molecule has 0 saturated heterocycles. The average molecular weight is 245 g/mol. The number of hydrogen-bond donors (Lipinski definition) is 1. The highest BCUT2D eigenvalue weighted by Gasteiger charge is 2.16. The van der Waals surface area contributed by atoms with Crippen LogP contribution in [0.3, 0.4) is 0 Å². The lowest BCUT2D eigenvalue weighted by atomic mass is 9.90. The Bertz CT molecular complexity index is 170. The maximum absolute atomic E-state index is 5.66. The first kappa shape index (κ1) is 16.9. The Hall–Kier alpha value is -0.120. The molecule has 1 N–H and O–H groups in total. The average Bonchev–Trinajstić information content (AvgIpc) is 2.23. The van der Waals surface area contributed by atoms with Crippen LogP contribution in [-0.4, -0.2) is 40.0 Å². The predicted octanol–water partition coefficient (Wildman–Crippen LogP) is 2.70. The molecule has 0 amide bonds. The van der Waals surface area contributed by atoms with Crippen LogP contribution >= 0.6 is 0 Å². The third-order valence-electron chi connectivity index (χ3n) is 2.85. The molecular formula is C14H31NO2. The van der Waals surface area contributed by atoms with E-state index in [9.17, 15) is 0 Å². The maximum atomic E-state index is 5.66. The van der Waals surface area contributed by atoms with E-state index in [2.05, 4.69) is 33.0 Å². The van der Waals surface area contributed by atoms with Crippen molar-refractivity contribution in [2.24, 2.45) is 11.3 Å². The van der Waals surface area contributed by atoms with Gasteiger partial charge in [-0.05, 0) is 24.2 Å². The van der Waals surface area contributed by atoms with Gasteiger partial charge in [-0.25, -0.2) is 0 Å². The third-order valence-corrected chi connectivity index (χ3v) is 2.85. The van der Waals surface area contributed by atoms with Crippen molar-refractivity contribution in [3.8, 4) is 0 Å². The van der Waals surface area contributed by atoms with Crippen LogP contribution in [0.1, 0.15) is 40.5 Å². The molecule has 0 fully saturated rings. The van der Waals surface area contributed by atoms with Gasteiger partial charge in [-0.2, -0.15) is 0 Å². The molecule has 3 heteroatoms. The molecule has 0 aromatic carbocycles. The van der Waals surface area contributed by atoms with E-state index in [-0.39, 0.29) is 0 Å². The van der Waals surface area contributed by atoms with Crippen molar-refractivity contribution in [3.05, 3.63) is 0 Å². The molecule has 0 saturated carbocycles. The number of ether oxygens (including phenoxy) is 2. The minimum Gasteiger partial charge on any atom is -0.383 e. The number of hydrogen-bond acceptors (Lipinski definition) is 3. The first-order valence-electron chi connectivity index (χ1n) is 6.75. The van der Waals surface area contributed by atoms with Gasteiger partial charge in [-0.15, -0.1) is 0 Å². The summed E-state index contributed by atoms with van der Waals surface area (Å²) in [6.45, 7) is 13.5. The minimum atomic E-state index is 0.297. The van der Waals surface area contributed by atoms with Gasteiger partial charge in [-0.3, -0.25) is 0 Å². The lowest BCUT2D eigenvalue weighted by molar-refractivity contribution is 0.0947.